The molecule has 0 aromatic carbocycles. The van der Waals surface area contributed by atoms with E-state index in [0.717, 1.165) is 30.4 Å². The molecule has 0 unspecified atom stereocenters. The molecule has 0 aliphatic carbocycles. The highest BCUT2D eigenvalue weighted by Gasteiger charge is 2.30. The number of amides is 1. The van der Waals surface area contributed by atoms with Crippen LogP contribution >= 0.6 is 0 Å². The van der Waals surface area contributed by atoms with Gasteiger partial charge in [0.15, 0.2) is 0 Å². The van der Waals surface area contributed by atoms with Gasteiger partial charge in [-0.2, -0.15) is 18.3 Å². The van der Waals surface area contributed by atoms with E-state index in [9.17, 15) is 18.0 Å². The van der Waals surface area contributed by atoms with Gasteiger partial charge in [0.05, 0.1) is 10.9 Å². The molecule has 0 spiro atoms. The fourth-order valence-corrected chi connectivity index (χ4v) is 3.74. The van der Waals surface area contributed by atoms with Crippen molar-refractivity contribution >= 4 is 24.9 Å². The first kappa shape index (κ1) is 21.4. The van der Waals surface area contributed by atoms with E-state index in [-0.39, 0.29) is 22.8 Å². The molecule has 3 rings (SSSR count). The summed E-state index contributed by atoms with van der Waals surface area (Å²) in [6, 6.07) is 1.42. The van der Waals surface area contributed by atoms with Gasteiger partial charge in [-0.3, -0.25) is 14.5 Å². The summed E-state index contributed by atoms with van der Waals surface area (Å²) in [5, 5.41) is 4.52. The van der Waals surface area contributed by atoms with E-state index in [1.165, 1.54) is 12.3 Å². The Bertz CT molecular complexity index is 958. The Morgan fingerprint density at radius 3 is 2.41 bits per heavy atom. The molecule has 1 aliphatic rings. The van der Waals surface area contributed by atoms with Crippen LogP contribution in [0.5, 0.6) is 0 Å². The smallest absolute Gasteiger partial charge is 0.337 e. The van der Waals surface area contributed by atoms with Gasteiger partial charge in [-0.1, -0.05) is 38.4 Å². The molecule has 1 amide bonds. The monoisotopic (exact) mass is 422 g/mol. The van der Waals surface area contributed by atoms with Crippen molar-refractivity contribution in [2.75, 3.05) is 13.1 Å². The first-order valence-corrected chi connectivity index (χ1v) is 13.3. The van der Waals surface area contributed by atoms with Crippen LogP contribution in [0.15, 0.2) is 12.3 Å². The van der Waals surface area contributed by atoms with Gasteiger partial charge in [0.25, 0.3) is 5.91 Å². The van der Waals surface area contributed by atoms with Crippen LogP contribution in [0.1, 0.15) is 41.9 Å². The summed E-state index contributed by atoms with van der Waals surface area (Å²) in [6.07, 6.45) is 1.00. The molecule has 2 aromatic heterocycles. The number of nitrogens with zero attached hydrogens (tertiary/aromatic N) is 4. The van der Waals surface area contributed by atoms with Crippen molar-refractivity contribution in [3.63, 3.8) is 0 Å². The minimum atomic E-state index is -4.43. The van der Waals surface area contributed by atoms with E-state index in [1.807, 2.05) is 19.6 Å². The molecular weight excluding hydrogens is 397 g/mol. The van der Waals surface area contributed by atoms with Crippen molar-refractivity contribution in [3.8, 4) is 11.5 Å². The number of alkyl halides is 3. The maximum Gasteiger partial charge on any atom is 0.408 e. The molecule has 1 fully saturated rings. The van der Waals surface area contributed by atoms with Crippen LogP contribution in [-0.4, -0.2) is 52.9 Å². The molecule has 0 atom stereocenters. The lowest BCUT2D eigenvalue weighted by Crippen LogP contribution is -2.32. The Morgan fingerprint density at radius 2 is 1.83 bits per heavy atom. The third-order valence-electron chi connectivity index (χ3n) is 4.63. The van der Waals surface area contributed by atoms with Crippen molar-refractivity contribution < 1.29 is 18.0 Å². The van der Waals surface area contributed by atoms with Gasteiger partial charge in [-0.25, -0.2) is 0 Å². The Hall–Kier alpha value is -2.34. The highest BCUT2D eigenvalue weighted by Crippen LogP contribution is 2.24. The molecule has 1 saturated heterocycles. The molecule has 3 heterocycles. The summed E-state index contributed by atoms with van der Waals surface area (Å²) < 4.78 is 40.1. The third-order valence-corrected chi connectivity index (χ3v) is 5.51. The minimum Gasteiger partial charge on any atom is -0.337 e. The van der Waals surface area contributed by atoms with Crippen LogP contribution in [0.25, 0.3) is 10.9 Å². The van der Waals surface area contributed by atoms with E-state index in [2.05, 4.69) is 21.5 Å². The lowest BCUT2D eigenvalue weighted by Gasteiger charge is -2.19. The fraction of sp³-hybridized carbons (Fsp3) is 0.550. The van der Waals surface area contributed by atoms with Crippen LogP contribution in [-0.2, 0) is 6.54 Å². The zero-order valence-corrected chi connectivity index (χ0v) is 17.9. The second kappa shape index (κ2) is 8.18. The summed E-state index contributed by atoms with van der Waals surface area (Å²) >= 11 is 0. The van der Waals surface area contributed by atoms with E-state index >= 15 is 0 Å². The summed E-state index contributed by atoms with van der Waals surface area (Å²) in [7, 11) is -1.73. The molecule has 9 heteroatoms. The average molecular weight is 423 g/mol. The predicted molar refractivity (Wildman–Crippen MR) is 108 cm³/mol. The number of fused-ring (bicyclic) bond motifs is 1. The molecule has 0 bridgehead atoms. The molecule has 156 valence electrons. The molecule has 1 aliphatic heterocycles. The van der Waals surface area contributed by atoms with Crippen LogP contribution in [0.2, 0.25) is 19.6 Å². The van der Waals surface area contributed by atoms with Crippen LogP contribution in [0.4, 0.5) is 13.2 Å². The number of carbonyl (C=O) groups is 1. The van der Waals surface area contributed by atoms with Gasteiger partial charge in [-0.15, -0.1) is 5.54 Å². The van der Waals surface area contributed by atoms with Gasteiger partial charge < -0.3 is 4.90 Å². The number of pyridine rings is 1. The second-order valence-corrected chi connectivity index (χ2v) is 13.2. The van der Waals surface area contributed by atoms with Gasteiger partial charge in [0, 0.05) is 19.3 Å². The van der Waals surface area contributed by atoms with Crippen LogP contribution in [0.3, 0.4) is 0 Å². The number of likely N-dealkylation sites (tertiary alicyclic amines) is 1. The fourth-order valence-electron chi connectivity index (χ4n) is 3.25. The SMILES string of the molecule is C[Si](C)(C)C#Cc1nn(CC(F)(F)F)c2cc(C(=O)N3CCCCCC3)ncc12. The van der Waals surface area contributed by atoms with Crippen molar-refractivity contribution in [3.05, 3.63) is 23.7 Å². The molecule has 29 heavy (non-hydrogen) atoms. The van der Waals surface area contributed by atoms with E-state index < -0.39 is 20.8 Å². The number of carbonyl (C=O) groups excluding carboxylic acids is 1. The maximum atomic E-state index is 13.1. The van der Waals surface area contributed by atoms with Gasteiger partial charge in [0.2, 0.25) is 0 Å². The quantitative estimate of drug-likeness (QED) is 0.537. The average Bonchev–Trinajstić information content (AvgIpc) is 2.80. The van der Waals surface area contributed by atoms with Crippen LogP contribution < -0.4 is 0 Å². The summed E-state index contributed by atoms with van der Waals surface area (Å²) in [5.74, 6) is 2.68. The molecule has 0 N–H and O–H groups in total. The second-order valence-electron chi connectivity index (χ2n) is 8.41. The largest absolute Gasteiger partial charge is 0.408 e. The summed E-state index contributed by atoms with van der Waals surface area (Å²) in [4.78, 5) is 18.8. The first-order chi connectivity index (χ1) is 13.5. The Labute approximate surface area is 169 Å². The topological polar surface area (TPSA) is 51.0 Å². The lowest BCUT2D eigenvalue weighted by atomic mass is 10.2. The third kappa shape index (κ3) is 5.60. The Morgan fingerprint density at radius 1 is 1.17 bits per heavy atom. The maximum absolute atomic E-state index is 13.1. The predicted octanol–water partition coefficient (Wildman–Crippen LogP) is 4.24. The van der Waals surface area contributed by atoms with Crippen molar-refractivity contribution in [1.82, 2.24) is 19.7 Å². The molecule has 0 radical (unpaired) electrons. The van der Waals surface area contributed by atoms with E-state index in [0.29, 0.717) is 18.5 Å². The Balaban J connectivity index is 2.03. The summed E-state index contributed by atoms with van der Waals surface area (Å²) in [5.41, 5.74) is 3.78. The number of rotatable bonds is 2. The number of hydrogen-bond acceptors (Lipinski definition) is 3. The summed E-state index contributed by atoms with van der Waals surface area (Å²) in [6.45, 7) is 6.20. The van der Waals surface area contributed by atoms with Crippen molar-refractivity contribution in [2.45, 2.75) is 58.0 Å². The molecule has 0 saturated carbocycles. The Kier molecular flexibility index (Phi) is 6.03. The van der Waals surface area contributed by atoms with Gasteiger partial charge in [0.1, 0.15) is 26.0 Å². The zero-order chi connectivity index (χ0) is 21.2. The number of halogens is 3. The first-order valence-electron chi connectivity index (χ1n) is 9.79. The van der Waals surface area contributed by atoms with Crippen molar-refractivity contribution in [2.24, 2.45) is 0 Å². The standard InChI is InChI=1S/C20H25F3N4OSi/c1-29(2,3)11-8-16-15-13-24-17(19(28)26-9-6-4-5-7-10-26)12-18(15)27(25-16)14-20(21,22)23/h12-13H,4-7,9-10,14H2,1-3H3. The van der Waals surface area contributed by atoms with Crippen LogP contribution in [0, 0.1) is 11.5 Å². The van der Waals surface area contributed by atoms with Gasteiger partial charge >= 0.3 is 6.18 Å². The minimum absolute atomic E-state index is 0.146. The number of hydrogen-bond donors (Lipinski definition) is 0. The molecular formula is C20H25F3N4OSi. The van der Waals surface area contributed by atoms with E-state index in [4.69, 9.17) is 0 Å². The highest BCUT2D eigenvalue weighted by atomic mass is 28.3. The molecule has 2 aromatic rings. The van der Waals surface area contributed by atoms with Crippen molar-refractivity contribution in [1.29, 1.82) is 0 Å². The number of aromatic nitrogens is 3. The van der Waals surface area contributed by atoms with E-state index in [1.54, 1.807) is 4.90 Å². The van der Waals surface area contributed by atoms with Gasteiger partial charge in [-0.05, 0) is 18.9 Å². The highest BCUT2D eigenvalue weighted by molar-refractivity contribution is 6.83. The molecule has 5 nitrogen and oxygen atoms in total. The normalized spacial score (nSPS) is 15.7. The lowest BCUT2D eigenvalue weighted by molar-refractivity contribution is -0.141. The zero-order valence-electron chi connectivity index (χ0n) is 16.9.